The zero-order valence-electron chi connectivity index (χ0n) is 39.8. The number of nitrogens with zero attached hydrogens (tertiary/aromatic N) is 1. The number of aliphatic hydroxyl groups is 3. The molecule has 0 saturated heterocycles. The molecule has 0 aromatic carbocycles. The third-order valence-electron chi connectivity index (χ3n) is 11.9. The van der Waals surface area contributed by atoms with Gasteiger partial charge in [-0.2, -0.15) is 0 Å². The second kappa shape index (κ2) is 45.4. The summed E-state index contributed by atoms with van der Waals surface area (Å²) in [7, 11) is 0. The van der Waals surface area contributed by atoms with E-state index in [0.29, 0.717) is 70.4 Å². The minimum atomic E-state index is -0.640. The van der Waals surface area contributed by atoms with Crippen LogP contribution in [0.5, 0.6) is 0 Å². The first-order chi connectivity index (χ1) is 29.3. The van der Waals surface area contributed by atoms with Crippen LogP contribution in [0, 0.1) is 11.8 Å². The van der Waals surface area contributed by atoms with E-state index in [0.717, 1.165) is 44.9 Å². The lowest BCUT2D eigenvalue weighted by atomic mass is 9.95. The molecule has 60 heavy (non-hydrogen) atoms. The van der Waals surface area contributed by atoms with Crippen LogP contribution in [0.2, 0.25) is 0 Å². The smallest absolute Gasteiger partial charge is 0.434 e. The second-order valence-electron chi connectivity index (χ2n) is 17.9. The average molecular weight is 858 g/mol. The van der Waals surface area contributed by atoms with Gasteiger partial charge in [-0.1, -0.05) is 163 Å². The molecular formula is C50H99NO9. The second-order valence-corrected chi connectivity index (χ2v) is 17.9. The quantitative estimate of drug-likeness (QED) is 0.0401. The lowest BCUT2D eigenvalue weighted by Crippen LogP contribution is -2.39. The van der Waals surface area contributed by atoms with E-state index in [1.165, 1.54) is 135 Å². The summed E-state index contributed by atoms with van der Waals surface area (Å²) in [5.74, 6) is 0.754. The van der Waals surface area contributed by atoms with Gasteiger partial charge in [0.05, 0.1) is 38.6 Å². The highest BCUT2D eigenvalue weighted by molar-refractivity contribution is 5.60. The molecule has 0 aliphatic rings. The minimum Gasteiger partial charge on any atom is -0.434 e. The standard InChI is InChI=1S/C50H99NO9/c1-5-9-13-17-20-25-33-45(31-23-16-12-8-4)43-59-49(55)57-39-29-35-47(53)41-51(37-27-22-28-38-52)42-48(54)36-30-40-58-50(56)60-44-46(32-24-19-15-11-7-3)34-26-21-18-14-10-6-2/h45-48,52-54H,5-44H2,1-4H3. The van der Waals surface area contributed by atoms with Crippen molar-refractivity contribution in [3.05, 3.63) is 0 Å². The normalized spacial score (nSPS) is 13.6. The highest BCUT2D eigenvalue weighted by Crippen LogP contribution is 2.21. The summed E-state index contributed by atoms with van der Waals surface area (Å²) >= 11 is 0. The predicted molar refractivity (Wildman–Crippen MR) is 248 cm³/mol. The van der Waals surface area contributed by atoms with Crippen LogP contribution in [-0.4, -0.2) is 97.4 Å². The zero-order chi connectivity index (χ0) is 44.2. The monoisotopic (exact) mass is 858 g/mol. The Morgan fingerprint density at radius 3 is 1.12 bits per heavy atom. The summed E-state index contributed by atoms with van der Waals surface area (Å²) in [6.45, 7) is 11.7. The van der Waals surface area contributed by atoms with E-state index in [9.17, 15) is 24.9 Å². The van der Waals surface area contributed by atoms with Crippen molar-refractivity contribution in [2.45, 2.75) is 245 Å². The molecule has 0 spiro atoms. The van der Waals surface area contributed by atoms with Crippen LogP contribution < -0.4 is 0 Å². The van der Waals surface area contributed by atoms with Gasteiger partial charge in [-0.05, 0) is 89.0 Å². The first-order valence-corrected chi connectivity index (χ1v) is 25.6. The Hall–Kier alpha value is -1.62. The van der Waals surface area contributed by atoms with Crippen LogP contribution in [-0.2, 0) is 18.9 Å². The average Bonchev–Trinajstić information content (AvgIpc) is 3.24. The Bertz CT molecular complexity index is 909. The van der Waals surface area contributed by atoms with Crippen LogP contribution >= 0.6 is 0 Å². The summed E-state index contributed by atoms with van der Waals surface area (Å²) in [4.78, 5) is 26.9. The molecule has 0 bridgehead atoms. The lowest BCUT2D eigenvalue weighted by molar-refractivity contribution is 0.0300. The fourth-order valence-corrected chi connectivity index (χ4v) is 8.01. The van der Waals surface area contributed by atoms with Gasteiger partial charge in [-0.3, -0.25) is 4.90 Å². The Morgan fingerprint density at radius 2 is 0.750 bits per heavy atom. The largest absolute Gasteiger partial charge is 0.508 e. The molecule has 0 aliphatic carbocycles. The Morgan fingerprint density at radius 1 is 0.417 bits per heavy atom. The van der Waals surface area contributed by atoms with Gasteiger partial charge in [0.1, 0.15) is 0 Å². The topological polar surface area (TPSA) is 135 Å². The maximum absolute atomic E-state index is 12.5. The Kier molecular flexibility index (Phi) is 44.2. The molecule has 4 unspecified atom stereocenters. The van der Waals surface area contributed by atoms with E-state index < -0.39 is 24.5 Å². The zero-order valence-corrected chi connectivity index (χ0v) is 39.8. The minimum absolute atomic E-state index is 0.147. The molecule has 358 valence electrons. The maximum atomic E-state index is 12.5. The number of carbonyl (C=O) groups is 2. The van der Waals surface area contributed by atoms with E-state index in [1.807, 2.05) is 0 Å². The molecule has 0 aromatic heterocycles. The van der Waals surface area contributed by atoms with Crippen LogP contribution in [0.3, 0.4) is 0 Å². The molecule has 0 heterocycles. The van der Waals surface area contributed by atoms with Crippen molar-refractivity contribution in [3.8, 4) is 0 Å². The van der Waals surface area contributed by atoms with Gasteiger partial charge in [0.2, 0.25) is 0 Å². The molecule has 0 radical (unpaired) electrons. The highest BCUT2D eigenvalue weighted by Gasteiger charge is 2.18. The van der Waals surface area contributed by atoms with Crippen molar-refractivity contribution in [2.24, 2.45) is 11.8 Å². The van der Waals surface area contributed by atoms with Gasteiger partial charge in [0.15, 0.2) is 0 Å². The third kappa shape index (κ3) is 40.5. The van der Waals surface area contributed by atoms with Crippen molar-refractivity contribution in [3.63, 3.8) is 0 Å². The summed E-state index contributed by atoms with van der Waals surface area (Å²) < 4.78 is 21.9. The van der Waals surface area contributed by atoms with Gasteiger partial charge < -0.3 is 34.3 Å². The number of hydrogen-bond donors (Lipinski definition) is 3. The van der Waals surface area contributed by atoms with Crippen molar-refractivity contribution in [2.75, 3.05) is 52.7 Å². The molecule has 0 aromatic rings. The summed E-state index contributed by atoms with van der Waals surface area (Å²) in [6, 6.07) is 0. The molecule has 10 nitrogen and oxygen atoms in total. The van der Waals surface area contributed by atoms with E-state index in [1.54, 1.807) is 0 Å². The first-order valence-electron chi connectivity index (χ1n) is 25.6. The van der Waals surface area contributed by atoms with Crippen LogP contribution in [0.25, 0.3) is 0 Å². The molecule has 0 amide bonds. The van der Waals surface area contributed by atoms with Gasteiger partial charge in [-0.25, -0.2) is 9.59 Å². The Labute approximate surface area is 370 Å². The first kappa shape index (κ1) is 58.4. The van der Waals surface area contributed by atoms with Gasteiger partial charge in [0, 0.05) is 19.7 Å². The van der Waals surface area contributed by atoms with Crippen LogP contribution in [0.4, 0.5) is 9.59 Å². The van der Waals surface area contributed by atoms with Gasteiger partial charge in [-0.15, -0.1) is 0 Å². The Balaban J connectivity index is 4.62. The molecule has 10 heteroatoms. The predicted octanol–water partition coefficient (Wildman–Crippen LogP) is 13.1. The van der Waals surface area contributed by atoms with Crippen molar-refractivity contribution >= 4 is 12.3 Å². The van der Waals surface area contributed by atoms with Crippen molar-refractivity contribution in [1.29, 1.82) is 0 Å². The molecular weight excluding hydrogens is 759 g/mol. The van der Waals surface area contributed by atoms with Crippen molar-refractivity contribution < 1.29 is 43.9 Å². The van der Waals surface area contributed by atoms with E-state index >= 15 is 0 Å². The fourth-order valence-electron chi connectivity index (χ4n) is 8.01. The SMILES string of the molecule is CCCCCCCCC(CCCCCC)COC(=O)OCCCC(O)CN(CCCCCO)CC(O)CCCOC(=O)OCC(CCCCCCC)CCCCCCCC. The number of hydrogen-bond acceptors (Lipinski definition) is 10. The summed E-state index contributed by atoms with van der Waals surface area (Å²) in [5.41, 5.74) is 0. The van der Waals surface area contributed by atoms with Crippen molar-refractivity contribution in [1.82, 2.24) is 4.90 Å². The maximum Gasteiger partial charge on any atom is 0.508 e. The van der Waals surface area contributed by atoms with E-state index in [4.69, 9.17) is 18.9 Å². The summed E-state index contributed by atoms with van der Waals surface area (Å²) in [5, 5.41) is 31.0. The number of unbranched alkanes of at least 4 members (excludes halogenated alkanes) is 19. The fraction of sp³-hybridized carbons (Fsp3) is 0.960. The molecule has 0 saturated carbocycles. The summed E-state index contributed by atoms with van der Waals surface area (Å²) in [6.07, 6.45) is 32.4. The van der Waals surface area contributed by atoms with Crippen LogP contribution in [0.15, 0.2) is 0 Å². The molecule has 3 N–H and O–H groups in total. The number of rotatable bonds is 46. The van der Waals surface area contributed by atoms with E-state index in [-0.39, 0.29) is 19.8 Å². The van der Waals surface area contributed by atoms with E-state index in [2.05, 4.69) is 32.6 Å². The van der Waals surface area contributed by atoms with Gasteiger partial charge >= 0.3 is 12.3 Å². The molecule has 0 aliphatic heterocycles. The number of carbonyl (C=O) groups excluding carboxylic acids is 2. The number of aliphatic hydroxyl groups excluding tert-OH is 3. The van der Waals surface area contributed by atoms with Gasteiger partial charge in [0.25, 0.3) is 0 Å². The molecule has 0 fully saturated rings. The molecule has 4 atom stereocenters. The third-order valence-corrected chi connectivity index (χ3v) is 11.9. The van der Waals surface area contributed by atoms with Crippen LogP contribution in [0.1, 0.15) is 233 Å². The number of ether oxygens (including phenoxy) is 4. The lowest BCUT2D eigenvalue weighted by Gasteiger charge is -2.27. The highest BCUT2D eigenvalue weighted by atomic mass is 16.7. The molecule has 0 rings (SSSR count).